The number of amides is 2. The van der Waals surface area contributed by atoms with Gasteiger partial charge in [-0.3, -0.25) is 0 Å². The van der Waals surface area contributed by atoms with Crippen LogP contribution in [0.25, 0.3) is 0 Å². The molecule has 0 heterocycles. The molecule has 1 atom stereocenters. The second-order valence-corrected chi connectivity index (χ2v) is 8.51. The summed E-state index contributed by atoms with van der Waals surface area (Å²) in [7, 11) is 5.78. The predicted molar refractivity (Wildman–Crippen MR) is 155 cm³/mol. The first-order valence-electron chi connectivity index (χ1n) is 12.8. The van der Waals surface area contributed by atoms with E-state index in [0.29, 0.717) is 6.54 Å². The van der Waals surface area contributed by atoms with E-state index in [-0.39, 0.29) is 6.03 Å². The summed E-state index contributed by atoms with van der Waals surface area (Å²) >= 11 is 0. The molecule has 0 unspecified atom stereocenters. The number of carbonyl (C=O) groups is 1. The van der Waals surface area contributed by atoms with Gasteiger partial charge in [0.15, 0.2) is 0 Å². The van der Waals surface area contributed by atoms with Gasteiger partial charge in [-0.25, -0.2) is 4.79 Å². The van der Waals surface area contributed by atoms with E-state index in [1.165, 1.54) is 37.4 Å². The van der Waals surface area contributed by atoms with Crippen molar-refractivity contribution >= 4 is 6.03 Å². The Balaban J connectivity index is 0. The Morgan fingerprint density at radius 2 is 1.69 bits per heavy atom. The summed E-state index contributed by atoms with van der Waals surface area (Å²) in [4.78, 5) is 14.2. The fourth-order valence-electron chi connectivity index (χ4n) is 3.06. The number of rotatable bonds is 9. The first kappa shape index (κ1) is 34.5. The molecule has 5 nitrogen and oxygen atoms in total. The van der Waals surface area contributed by atoms with Gasteiger partial charge in [0.2, 0.25) is 0 Å². The maximum absolute atomic E-state index is 12.0. The molecule has 0 aromatic heterocycles. The van der Waals surface area contributed by atoms with E-state index in [1.807, 2.05) is 36.4 Å². The van der Waals surface area contributed by atoms with E-state index in [0.717, 1.165) is 36.6 Å². The molecule has 1 aliphatic rings. The maximum atomic E-state index is 12.0. The van der Waals surface area contributed by atoms with Gasteiger partial charge < -0.3 is 21.3 Å². The fraction of sp³-hybridized carbons (Fsp3) is 0.500. The minimum absolute atomic E-state index is 0.171. The van der Waals surface area contributed by atoms with Gasteiger partial charge in [0.1, 0.15) is 0 Å². The van der Waals surface area contributed by atoms with Crippen LogP contribution in [0.5, 0.6) is 0 Å². The molecule has 0 spiro atoms. The highest BCUT2D eigenvalue weighted by Crippen LogP contribution is 2.13. The molecule has 2 amide bonds. The lowest BCUT2D eigenvalue weighted by Gasteiger charge is -2.18. The molecular weight excluding hydrogens is 432 g/mol. The van der Waals surface area contributed by atoms with Crippen LogP contribution in [0.1, 0.15) is 70.4 Å². The highest BCUT2D eigenvalue weighted by Gasteiger charge is 2.04. The normalized spacial score (nSPS) is 12.7. The Hall–Kier alpha value is -2.63. The zero-order valence-corrected chi connectivity index (χ0v) is 23.5. The van der Waals surface area contributed by atoms with Gasteiger partial charge in [-0.1, -0.05) is 86.7 Å². The molecule has 0 saturated heterocycles. The summed E-state index contributed by atoms with van der Waals surface area (Å²) in [5.74, 6) is 0. The van der Waals surface area contributed by atoms with Crippen LogP contribution < -0.4 is 16.4 Å². The van der Waals surface area contributed by atoms with Crippen LogP contribution in [0.4, 0.5) is 4.79 Å². The highest BCUT2D eigenvalue weighted by molar-refractivity contribution is 5.76. The maximum Gasteiger partial charge on any atom is 0.319 e. The monoisotopic (exact) mass is 484 g/mol. The lowest BCUT2D eigenvalue weighted by molar-refractivity contribution is 0.243. The summed E-state index contributed by atoms with van der Waals surface area (Å²) in [6, 6.07) is 8.74. The number of hydrogen-bond donors (Lipinski definition) is 3. The molecule has 1 aliphatic carbocycles. The number of unbranched alkanes of at least 4 members (excludes halogenated alkanes) is 1. The standard InChI is InChI=1S/C19H24N2O.C8H19N.C2H4.CH5N/c1-3-5-16-6-4-7-18(13-12-16)21-19(22)20-14-17-10-8-15(2)9-11-17;1-5-6-7-8(2)9(3)4;2*1-2/h6-13H,3-5,14H2,1-2H3,(H2,20,21,22);8H,5-7H2,1-4H3;1-2H2;2H2,1H3/t;8-;;/m.1../s1. The molecular formula is C30H52N4O. The highest BCUT2D eigenvalue weighted by atomic mass is 16.2. The number of aryl methyl sites for hydroxylation is 1. The van der Waals surface area contributed by atoms with Crippen LogP contribution in [0.15, 0.2) is 73.0 Å². The van der Waals surface area contributed by atoms with E-state index in [1.54, 1.807) is 0 Å². The van der Waals surface area contributed by atoms with Crippen LogP contribution in [0.3, 0.4) is 0 Å². The third kappa shape index (κ3) is 18.4. The number of carbonyl (C=O) groups excluding carboxylic acids is 1. The van der Waals surface area contributed by atoms with Crippen LogP contribution >= 0.6 is 0 Å². The molecule has 0 aliphatic heterocycles. The van der Waals surface area contributed by atoms with E-state index in [2.05, 4.69) is 88.4 Å². The number of allylic oxidation sites excluding steroid dienone is 5. The molecule has 0 fully saturated rings. The first-order chi connectivity index (χ1) is 16.8. The SMILES string of the molecule is C=C.CCCC1=CCC=C(NC(=O)NCc2ccc(C)cc2)C=C1.CCCC[C@@H](C)N(C)C.CN. The Labute approximate surface area is 216 Å². The van der Waals surface area contributed by atoms with Crippen molar-refractivity contribution < 1.29 is 4.79 Å². The van der Waals surface area contributed by atoms with E-state index in [4.69, 9.17) is 0 Å². The van der Waals surface area contributed by atoms with Crippen molar-refractivity contribution in [3.05, 3.63) is 84.1 Å². The summed E-state index contributed by atoms with van der Waals surface area (Å²) < 4.78 is 0. The van der Waals surface area contributed by atoms with Gasteiger partial charge in [-0.05, 0) is 65.9 Å². The summed E-state index contributed by atoms with van der Waals surface area (Å²) in [5.41, 5.74) is 9.00. The zero-order valence-electron chi connectivity index (χ0n) is 23.5. The molecule has 198 valence electrons. The van der Waals surface area contributed by atoms with Gasteiger partial charge in [0.25, 0.3) is 0 Å². The van der Waals surface area contributed by atoms with Crippen molar-refractivity contribution in [3.63, 3.8) is 0 Å². The van der Waals surface area contributed by atoms with Gasteiger partial charge >= 0.3 is 6.03 Å². The van der Waals surface area contributed by atoms with Crippen LogP contribution in [-0.4, -0.2) is 38.1 Å². The van der Waals surface area contributed by atoms with Gasteiger partial charge in [-0.2, -0.15) is 0 Å². The van der Waals surface area contributed by atoms with Gasteiger partial charge in [0, 0.05) is 18.3 Å². The van der Waals surface area contributed by atoms with E-state index >= 15 is 0 Å². The third-order valence-electron chi connectivity index (χ3n) is 5.42. The Bertz CT molecular complexity index is 748. The van der Waals surface area contributed by atoms with Crippen LogP contribution in [-0.2, 0) is 6.54 Å². The molecule has 1 aromatic rings. The molecule has 2 rings (SSSR count). The summed E-state index contributed by atoms with van der Waals surface area (Å²) in [6.07, 6.45) is 15.4. The zero-order chi connectivity index (χ0) is 27.1. The summed E-state index contributed by atoms with van der Waals surface area (Å²) in [5, 5.41) is 5.77. The van der Waals surface area contributed by atoms with Crippen molar-refractivity contribution in [3.8, 4) is 0 Å². The molecule has 35 heavy (non-hydrogen) atoms. The van der Waals surface area contributed by atoms with Crippen molar-refractivity contribution in [1.29, 1.82) is 0 Å². The molecule has 1 aromatic carbocycles. The smallest absolute Gasteiger partial charge is 0.319 e. The Morgan fingerprint density at radius 3 is 2.23 bits per heavy atom. The first-order valence-corrected chi connectivity index (χ1v) is 12.8. The molecule has 0 saturated carbocycles. The molecule has 5 heteroatoms. The topological polar surface area (TPSA) is 70.4 Å². The van der Waals surface area contributed by atoms with Gasteiger partial charge in [-0.15, -0.1) is 13.2 Å². The number of benzene rings is 1. The Morgan fingerprint density at radius 1 is 1.06 bits per heavy atom. The van der Waals surface area contributed by atoms with Gasteiger partial charge in [0.05, 0.1) is 0 Å². The van der Waals surface area contributed by atoms with E-state index < -0.39 is 0 Å². The van der Waals surface area contributed by atoms with Crippen molar-refractivity contribution in [2.45, 2.75) is 78.8 Å². The average molecular weight is 485 g/mol. The summed E-state index contributed by atoms with van der Waals surface area (Å²) in [6.45, 7) is 15.3. The lowest BCUT2D eigenvalue weighted by atomic mass is 10.1. The van der Waals surface area contributed by atoms with Crippen molar-refractivity contribution in [2.75, 3.05) is 21.1 Å². The molecule has 0 radical (unpaired) electrons. The van der Waals surface area contributed by atoms with Crippen molar-refractivity contribution in [1.82, 2.24) is 15.5 Å². The average Bonchev–Trinajstić information content (AvgIpc) is 3.10. The number of hydrogen-bond acceptors (Lipinski definition) is 3. The Kier molecular flexibility index (Phi) is 22.8. The van der Waals surface area contributed by atoms with Crippen molar-refractivity contribution in [2.24, 2.45) is 5.73 Å². The largest absolute Gasteiger partial charge is 0.334 e. The quantitative estimate of drug-likeness (QED) is 0.335. The second-order valence-electron chi connectivity index (χ2n) is 8.51. The minimum Gasteiger partial charge on any atom is -0.334 e. The predicted octanol–water partition coefficient (Wildman–Crippen LogP) is 6.87. The number of nitrogens with two attached hydrogens (primary N) is 1. The third-order valence-corrected chi connectivity index (χ3v) is 5.42. The van der Waals surface area contributed by atoms with Crippen LogP contribution in [0, 0.1) is 6.92 Å². The number of nitrogens with zero attached hydrogens (tertiary/aromatic N) is 1. The lowest BCUT2D eigenvalue weighted by Crippen LogP contribution is -2.34. The molecule has 4 N–H and O–H groups in total. The van der Waals surface area contributed by atoms with E-state index in [9.17, 15) is 4.79 Å². The number of nitrogens with one attached hydrogen (secondary N) is 2. The second kappa shape index (κ2) is 23.1. The minimum atomic E-state index is -0.171. The molecule has 0 bridgehead atoms. The number of urea groups is 1. The van der Waals surface area contributed by atoms with Crippen LogP contribution in [0.2, 0.25) is 0 Å². The fourth-order valence-corrected chi connectivity index (χ4v) is 3.06.